The Hall–Kier alpha value is -0.780. The Labute approximate surface area is 87.2 Å². The highest BCUT2D eigenvalue weighted by molar-refractivity contribution is 9.08. The van der Waals surface area contributed by atoms with E-state index in [1.165, 1.54) is 7.11 Å². The third-order valence-corrected chi connectivity index (χ3v) is 2.20. The van der Waals surface area contributed by atoms with Crippen LogP contribution in [0.3, 0.4) is 0 Å². The van der Waals surface area contributed by atoms with Crippen molar-refractivity contribution in [3.8, 4) is 5.75 Å². The minimum absolute atomic E-state index is 0.184. The fraction of sp³-hybridized carbons (Fsp3) is 0.375. The van der Waals surface area contributed by atoms with Gasteiger partial charge in [-0.2, -0.15) is 13.2 Å². The quantitative estimate of drug-likeness (QED) is 0.771. The van der Waals surface area contributed by atoms with Gasteiger partial charge in [0, 0.05) is 23.2 Å². The summed E-state index contributed by atoms with van der Waals surface area (Å²) in [5.74, 6) is 0.184. The molecule has 0 unspecified atom stereocenters. The van der Waals surface area contributed by atoms with Crippen molar-refractivity contribution in [2.75, 3.05) is 7.11 Å². The van der Waals surface area contributed by atoms with E-state index < -0.39 is 11.9 Å². The maximum Gasteiger partial charge on any atom is 0.433 e. The summed E-state index contributed by atoms with van der Waals surface area (Å²) in [7, 11) is 1.32. The van der Waals surface area contributed by atoms with Gasteiger partial charge in [-0.05, 0) is 0 Å². The molecule has 0 aliphatic rings. The predicted molar refractivity (Wildman–Crippen MR) is 48.4 cm³/mol. The highest BCUT2D eigenvalue weighted by Crippen LogP contribution is 2.31. The number of alkyl halides is 4. The van der Waals surface area contributed by atoms with Crippen LogP contribution in [0.4, 0.5) is 13.2 Å². The molecule has 1 aromatic heterocycles. The number of aromatic nitrogens is 1. The Balaban J connectivity index is 3.14. The molecule has 14 heavy (non-hydrogen) atoms. The van der Waals surface area contributed by atoms with Crippen LogP contribution in [0, 0.1) is 0 Å². The van der Waals surface area contributed by atoms with Gasteiger partial charge in [0.15, 0.2) is 0 Å². The number of ether oxygens (including phenoxy) is 1. The molecule has 1 aromatic rings. The lowest BCUT2D eigenvalue weighted by molar-refractivity contribution is -0.141. The summed E-state index contributed by atoms with van der Waals surface area (Å²) in [6, 6.07) is 0.886. The van der Waals surface area contributed by atoms with E-state index in [-0.39, 0.29) is 5.75 Å². The van der Waals surface area contributed by atoms with Crippen LogP contribution >= 0.6 is 15.9 Å². The maximum absolute atomic E-state index is 12.2. The number of rotatable bonds is 2. The number of nitrogens with zero attached hydrogens (tertiary/aromatic N) is 1. The Morgan fingerprint density at radius 1 is 1.50 bits per heavy atom. The van der Waals surface area contributed by atoms with Crippen LogP contribution in [0.2, 0.25) is 0 Å². The molecule has 0 N–H and O–H groups in total. The van der Waals surface area contributed by atoms with Gasteiger partial charge in [0.2, 0.25) is 0 Å². The average Bonchev–Trinajstić information content (AvgIpc) is 2.15. The van der Waals surface area contributed by atoms with Crippen LogP contribution in [0.15, 0.2) is 12.3 Å². The van der Waals surface area contributed by atoms with Crippen LogP contribution in [-0.2, 0) is 11.5 Å². The molecular weight excluding hydrogens is 263 g/mol. The molecule has 1 heterocycles. The number of methoxy groups -OCH3 is 1. The number of hydrogen-bond donors (Lipinski definition) is 0. The summed E-state index contributed by atoms with van der Waals surface area (Å²) >= 11 is 3.12. The van der Waals surface area contributed by atoms with Gasteiger partial charge in [-0.25, -0.2) is 0 Å². The molecule has 0 saturated heterocycles. The molecule has 0 atom stereocenters. The molecule has 0 spiro atoms. The standard InChI is InChI=1S/C8H7BrF3NO/c1-14-6-2-7(8(10,11)12)13-4-5(6)3-9/h2,4H,3H2,1H3. The molecule has 0 amide bonds. The van der Waals surface area contributed by atoms with Gasteiger partial charge < -0.3 is 4.74 Å². The second kappa shape index (κ2) is 4.16. The summed E-state index contributed by atoms with van der Waals surface area (Å²) in [6.07, 6.45) is -3.28. The summed E-state index contributed by atoms with van der Waals surface area (Å²) in [6.45, 7) is 0. The minimum atomic E-state index is -4.43. The lowest BCUT2D eigenvalue weighted by Crippen LogP contribution is -2.08. The smallest absolute Gasteiger partial charge is 0.433 e. The van der Waals surface area contributed by atoms with E-state index in [0.717, 1.165) is 12.3 Å². The van der Waals surface area contributed by atoms with E-state index >= 15 is 0 Å². The van der Waals surface area contributed by atoms with Crippen LogP contribution in [0.5, 0.6) is 5.75 Å². The zero-order valence-electron chi connectivity index (χ0n) is 7.23. The monoisotopic (exact) mass is 269 g/mol. The Kier molecular flexibility index (Phi) is 3.36. The van der Waals surface area contributed by atoms with Gasteiger partial charge in [0.05, 0.1) is 7.11 Å². The maximum atomic E-state index is 12.2. The van der Waals surface area contributed by atoms with Crippen LogP contribution in [0.1, 0.15) is 11.3 Å². The topological polar surface area (TPSA) is 22.1 Å². The van der Waals surface area contributed by atoms with Crippen molar-refractivity contribution in [1.82, 2.24) is 4.98 Å². The van der Waals surface area contributed by atoms with Crippen LogP contribution in [-0.4, -0.2) is 12.1 Å². The lowest BCUT2D eigenvalue weighted by atomic mass is 10.2. The normalized spacial score (nSPS) is 11.5. The van der Waals surface area contributed by atoms with Gasteiger partial charge in [-0.1, -0.05) is 15.9 Å². The first-order chi connectivity index (χ1) is 6.49. The highest BCUT2D eigenvalue weighted by atomic mass is 79.9. The van der Waals surface area contributed by atoms with E-state index in [0.29, 0.717) is 10.9 Å². The van der Waals surface area contributed by atoms with Crippen molar-refractivity contribution in [3.05, 3.63) is 23.5 Å². The molecule has 0 fully saturated rings. The van der Waals surface area contributed by atoms with Crippen LogP contribution < -0.4 is 4.74 Å². The first-order valence-corrected chi connectivity index (χ1v) is 4.77. The minimum Gasteiger partial charge on any atom is -0.496 e. The van der Waals surface area contributed by atoms with E-state index in [4.69, 9.17) is 4.74 Å². The molecule has 0 aliphatic carbocycles. The number of pyridine rings is 1. The molecular formula is C8H7BrF3NO. The average molecular weight is 270 g/mol. The third kappa shape index (κ3) is 2.37. The fourth-order valence-corrected chi connectivity index (χ4v) is 1.33. The zero-order chi connectivity index (χ0) is 10.8. The molecule has 0 radical (unpaired) electrons. The first-order valence-electron chi connectivity index (χ1n) is 3.65. The van der Waals surface area contributed by atoms with Crippen molar-refractivity contribution < 1.29 is 17.9 Å². The zero-order valence-corrected chi connectivity index (χ0v) is 8.82. The Morgan fingerprint density at radius 2 is 2.14 bits per heavy atom. The SMILES string of the molecule is COc1cc(C(F)(F)F)ncc1CBr. The Bertz CT molecular complexity index is 327. The Morgan fingerprint density at radius 3 is 2.57 bits per heavy atom. The van der Waals surface area contributed by atoms with E-state index in [2.05, 4.69) is 20.9 Å². The molecule has 6 heteroatoms. The molecule has 78 valence electrons. The van der Waals surface area contributed by atoms with Crippen molar-refractivity contribution in [2.24, 2.45) is 0 Å². The van der Waals surface area contributed by atoms with Gasteiger partial charge >= 0.3 is 6.18 Å². The molecule has 0 aromatic carbocycles. The summed E-state index contributed by atoms with van der Waals surface area (Å²) < 4.78 is 41.4. The summed E-state index contributed by atoms with van der Waals surface area (Å²) in [4.78, 5) is 3.29. The predicted octanol–water partition coefficient (Wildman–Crippen LogP) is 3.00. The van der Waals surface area contributed by atoms with Crippen molar-refractivity contribution >= 4 is 15.9 Å². The number of halogens is 4. The lowest BCUT2D eigenvalue weighted by Gasteiger charge is -2.09. The van der Waals surface area contributed by atoms with Gasteiger partial charge in [-0.3, -0.25) is 4.98 Å². The van der Waals surface area contributed by atoms with Crippen molar-refractivity contribution in [3.63, 3.8) is 0 Å². The van der Waals surface area contributed by atoms with Crippen molar-refractivity contribution in [2.45, 2.75) is 11.5 Å². The molecule has 1 rings (SSSR count). The third-order valence-electron chi connectivity index (χ3n) is 1.60. The van der Waals surface area contributed by atoms with E-state index in [9.17, 15) is 13.2 Å². The van der Waals surface area contributed by atoms with Crippen molar-refractivity contribution in [1.29, 1.82) is 0 Å². The molecule has 0 saturated carbocycles. The number of hydrogen-bond acceptors (Lipinski definition) is 2. The second-order valence-corrected chi connectivity index (χ2v) is 3.07. The highest BCUT2D eigenvalue weighted by Gasteiger charge is 2.33. The molecule has 0 bridgehead atoms. The van der Waals surface area contributed by atoms with Gasteiger partial charge in [0.1, 0.15) is 11.4 Å². The summed E-state index contributed by atoms with van der Waals surface area (Å²) in [5.41, 5.74) is -0.362. The first kappa shape index (κ1) is 11.3. The summed E-state index contributed by atoms with van der Waals surface area (Å²) in [5, 5.41) is 0.404. The largest absolute Gasteiger partial charge is 0.496 e. The van der Waals surface area contributed by atoms with Gasteiger partial charge in [-0.15, -0.1) is 0 Å². The van der Waals surface area contributed by atoms with E-state index in [1.54, 1.807) is 0 Å². The molecule has 2 nitrogen and oxygen atoms in total. The van der Waals surface area contributed by atoms with Gasteiger partial charge in [0.25, 0.3) is 0 Å². The second-order valence-electron chi connectivity index (χ2n) is 2.51. The van der Waals surface area contributed by atoms with Crippen LogP contribution in [0.25, 0.3) is 0 Å². The van der Waals surface area contributed by atoms with E-state index in [1.807, 2.05) is 0 Å². The fourth-order valence-electron chi connectivity index (χ4n) is 0.911. The molecule has 0 aliphatic heterocycles.